The lowest BCUT2D eigenvalue weighted by atomic mass is 10.0. The summed E-state index contributed by atoms with van der Waals surface area (Å²) in [6.07, 6.45) is 4.32. The van der Waals surface area contributed by atoms with Crippen molar-refractivity contribution in [3.63, 3.8) is 0 Å². The largest absolute Gasteiger partial charge is 0.490 e. The highest BCUT2D eigenvalue weighted by atomic mass is 19.1. The molecule has 0 bridgehead atoms. The molecule has 0 radical (unpaired) electrons. The van der Waals surface area contributed by atoms with Gasteiger partial charge in [-0.2, -0.15) is 0 Å². The van der Waals surface area contributed by atoms with Crippen molar-refractivity contribution < 1.29 is 23.8 Å². The molecule has 160 valence electrons. The normalized spacial score (nSPS) is 11.1. The average molecular weight is 414 g/mol. The minimum Gasteiger partial charge on any atom is -0.490 e. The smallest absolute Gasteiger partial charge is 0.371 e. The molecule has 30 heavy (non-hydrogen) atoms. The molecule has 2 aromatic carbocycles. The van der Waals surface area contributed by atoms with Gasteiger partial charge in [0, 0.05) is 24.8 Å². The molecule has 0 aliphatic carbocycles. The van der Waals surface area contributed by atoms with Gasteiger partial charge in [0.15, 0.2) is 0 Å². The summed E-state index contributed by atoms with van der Waals surface area (Å²) < 4.78 is 19.5. The molecule has 0 aliphatic rings. The number of ether oxygens (including phenoxy) is 1. The van der Waals surface area contributed by atoms with Crippen molar-refractivity contribution in [2.75, 3.05) is 25.6 Å². The van der Waals surface area contributed by atoms with Crippen LogP contribution in [0.25, 0.3) is 17.2 Å². The number of hydrogen-bond acceptors (Lipinski definition) is 3. The Labute approximate surface area is 176 Å². The second-order valence-corrected chi connectivity index (χ2v) is 6.81. The van der Waals surface area contributed by atoms with Crippen molar-refractivity contribution in [1.29, 1.82) is 0 Å². The zero-order valence-electron chi connectivity index (χ0n) is 17.4. The number of carbonyl (C=O) groups excluding carboxylic acids is 1. The third kappa shape index (κ3) is 6.07. The van der Waals surface area contributed by atoms with E-state index < -0.39 is 11.8 Å². The SMILES string of the molecule is CCCCCNC(=O)N(C)c1cccc(-c2ccc(C=C(OC)C(=O)O)cc2F)c1. The van der Waals surface area contributed by atoms with Crippen molar-refractivity contribution in [1.82, 2.24) is 5.32 Å². The third-order valence-corrected chi connectivity index (χ3v) is 4.63. The highest BCUT2D eigenvalue weighted by Crippen LogP contribution is 2.28. The maximum atomic E-state index is 14.7. The molecule has 2 amide bonds. The van der Waals surface area contributed by atoms with Crippen LogP contribution in [0.2, 0.25) is 0 Å². The van der Waals surface area contributed by atoms with E-state index in [0.717, 1.165) is 19.3 Å². The van der Waals surface area contributed by atoms with Gasteiger partial charge < -0.3 is 15.2 Å². The van der Waals surface area contributed by atoms with Crippen molar-refractivity contribution in [2.24, 2.45) is 0 Å². The van der Waals surface area contributed by atoms with Gasteiger partial charge in [0.25, 0.3) is 0 Å². The lowest BCUT2D eigenvalue weighted by Crippen LogP contribution is -2.37. The van der Waals surface area contributed by atoms with Crippen LogP contribution >= 0.6 is 0 Å². The number of rotatable bonds is 9. The Morgan fingerprint density at radius 3 is 2.60 bits per heavy atom. The predicted molar refractivity (Wildman–Crippen MR) is 116 cm³/mol. The lowest BCUT2D eigenvalue weighted by Gasteiger charge is -2.19. The molecule has 0 saturated heterocycles. The van der Waals surface area contributed by atoms with Crippen LogP contribution < -0.4 is 10.2 Å². The van der Waals surface area contributed by atoms with E-state index in [-0.39, 0.29) is 11.8 Å². The Kier molecular flexibility index (Phi) is 8.41. The topological polar surface area (TPSA) is 78.9 Å². The van der Waals surface area contributed by atoms with Crippen molar-refractivity contribution in [3.05, 3.63) is 59.6 Å². The summed E-state index contributed by atoms with van der Waals surface area (Å²) in [4.78, 5) is 24.9. The molecule has 7 heteroatoms. The van der Waals surface area contributed by atoms with Crippen LogP contribution in [-0.4, -0.2) is 37.8 Å². The van der Waals surface area contributed by atoms with Crippen LogP contribution in [-0.2, 0) is 9.53 Å². The number of benzene rings is 2. The standard InChI is InChI=1S/C23H27FN2O4/c1-4-5-6-12-25-23(29)26(2)18-9-7-8-17(15-18)19-11-10-16(13-20(19)24)14-21(30-3)22(27)28/h7-11,13-15H,4-6,12H2,1-3H3,(H,25,29)(H,27,28). The number of anilines is 1. The molecule has 0 saturated carbocycles. The quantitative estimate of drug-likeness (QED) is 0.347. The number of nitrogens with zero attached hydrogens (tertiary/aromatic N) is 1. The molecule has 2 rings (SSSR count). The van der Waals surface area contributed by atoms with Crippen LogP contribution in [0.1, 0.15) is 31.7 Å². The number of halogens is 1. The van der Waals surface area contributed by atoms with E-state index in [4.69, 9.17) is 9.84 Å². The first-order chi connectivity index (χ1) is 14.4. The highest BCUT2D eigenvalue weighted by molar-refractivity contribution is 5.92. The van der Waals surface area contributed by atoms with Crippen LogP contribution in [0.3, 0.4) is 0 Å². The van der Waals surface area contributed by atoms with E-state index in [9.17, 15) is 14.0 Å². The van der Waals surface area contributed by atoms with E-state index in [0.29, 0.717) is 28.9 Å². The Morgan fingerprint density at radius 2 is 1.97 bits per heavy atom. The number of unbranched alkanes of at least 4 members (excludes halogenated alkanes) is 2. The second kappa shape index (κ2) is 11.0. The van der Waals surface area contributed by atoms with Gasteiger partial charge in [0.05, 0.1) is 7.11 Å². The highest BCUT2D eigenvalue weighted by Gasteiger charge is 2.13. The minimum absolute atomic E-state index is 0.218. The lowest BCUT2D eigenvalue weighted by molar-refractivity contribution is -0.135. The van der Waals surface area contributed by atoms with E-state index in [1.54, 1.807) is 43.4 Å². The summed E-state index contributed by atoms with van der Waals surface area (Å²) in [5, 5.41) is 11.9. The molecular weight excluding hydrogens is 387 g/mol. The molecular formula is C23H27FN2O4. The van der Waals surface area contributed by atoms with Gasteiger partial charge in [0.2, 0.25) is 5.76 Å². The molecule has 2 aromatic rings. The number of carboxylic acids is 1. The maximum absolute atomic E-state index is 14.7. The van der Waals surface area contributed by atoms with Crippen molar-refractivity contribution in [2.45, 2.75) is 26.2 Å². The second-order valence-electron chi connectivity index (χ2n) is 6.81. The zero-order chi connectivity index (χ0) is 22.1. The summed E-state index contributed by atoms with van der Waals surface area (Å²) >= 11 is 0. The van der Waals surface area contributed by atoms with Crippen LogP contribution in [0.15, 0.2) is 48.2 Å². The molecule has 0 fully saturated rings. The van der Waals surface area contributed by atoms with Crippen molar-refractivity contribution >= 4 is 23.8 Å². The first-order valence-electron chi connectivity index (χ1n) is 9.78. The third-order valence-electron chi connectivity index (χ3n) is 4.63. The Balaban J connectivity index is 2.21. The Bertz CT molecular complexity index is 927. The molecule has 2 N–H and O–H groups in total. The Hall–Kier alpha value is -3.35. The summed E-state index contributed by atoms with van der Waals surface area (Å²) in [7, 11) is 2.91. The van der Waals surface area contributed by atoms with Crippen LogP contribution in [0.5, 0.6) is 0 Å². The number of methoxy groups -OCH3 is 1. The number of nitrogens with one attached hydrogen (secondary N) is 1. The molecule has 0 aliphatic heterocycles. The monoisotopic (exact) mass is 414 g/mol. The molecule has 0 spiro atoms. The number of urea groups is 1. The summed E-state index contributed by atoms with van der Waals surface area (Å²) in [5.41, 5.74) is 1.96. The van der Waals surface area contributed by atoms with Gasteiger partial charge in [-0.3, -0.25) is 4.90 Å². The molecule has 6 nitrogen and oxygen atoms in total. The number of amides is 2. The van der Waals surface area contributed by atoms with Gasteiger partial charge in [0.1, 0.15) is 5.82 Å². The first-order valence-corrected chi connectivity index (χ1v) is 9.78. The molecule has 0 atom stereocenters. The summed E-state index contributed by atoms with van der Waals surface area (Å²) in [6.45, 7) is 2.71. The van der Waals surface area contributed by atoms with E-state index in [2.05, 4.69) is 12.2 Å². The summed E-state index contributed by atoms with van der Waals surface area (Å²) in [5.74, 6) is -2.02. The first kappa shape index (κ1) is 22.9. The van der Waals surface area contributed by atoms with Crippen molar-refractivity contribution in [3.8, 4) is 11.1 Å². The fraction of sp³-hybridized carbons (Fsp3) is 0.304. The number of aliphatic carboxylic acids is 1. The minimum atomic E-state index is -1.23. The average Bonchev–Trinajstić information content (AvgIpc) is 2.74. The number of carbonyl (C=O) groups is 2. The van der Waals surface area contributed by atoms with Gasteiger partial charge in [-0.15, -0.1) is 0 Å². The van der Waals surface area contributed by atoms with Gasteiger partial charge in [-0.25, -0.2) is 14.0 Å². The summed E-state index contributed by atoms with van der Waals surface area (Å²) in [6, 6.07) is 11.2. The molecule has 0 aromatic heterocycles. The van der Waals surface area contributed by atoms with E-state index in [1.165, 1.54) is 24.2 Å². The fourth-order valence-corrected chi connectivity index (χ4v) is 2.90. The van der Waals surface area contributed by atoms with Gasteiger partial charge in [-0.1, -0.05) is 44.0 Å². The van der Waals surface area contributed by atoms with Crippen LogP contribution in [0, 0.1) is 5.82 Å². The van der Waals surface area contributed by atoms with Gasteiger partial charge >= 0.3 is 12.0 Å². The predicted octanol–water partition coefficient (Wildman–Crippen LogP) is 4.90. The molecule has 0 unspecified atom stereocenters. The number of carboxylic acid groups (broad SMARTS) is 1. The van der Waals surface area contributed by atoms with Crippen LogP contribution in [0.4, 0.5) is 14.9 Å². The zero-order valence-corrected chi connectivity index (χ0v) is 17.4. The molecule has 0 heterocycles. The number of hydrogen-bond donors (Lipinski definition) is 2. The van der Waals surface area contributed by atoms with E-state index >= 15 is 0 Å². The maximum Gasteiger partial charge on any atom is 0.371 e. The van der Waals surface area contributed by atoms with Gasteiger partial charge in [-0.05, 0) is 41.8 Å². The Morgan fingerprint density at radius 1 is 1.20 bits per heavy atom. The van der Waals surface area contributed by atoms with E-state index in [1.807, 2.05) is 0 Å². The fourth-order valence-electron chi connectivity index (χ4n) is 2.90.